The van der Waals surface area contributed by atoms with Crippen LogP contribution in [0.2, 0.25) is 0 Å². The van der Waals surface area contributed by atoms with Crippen molar-refractivity contribution in [2.75, 3.05) is 0 Å². The number of thiazole rings is 1. The van der Waals surface area contributed by atoms with Crippen LogP contribution in [-0.4, -0.2) is 25.4 Å². The Kier molecular flexibility index (Phi) is 37.2. The number of hydrogen-bond donors (Lipinski definition) is 0. The van der Waals surface area contributed by atoms with Gasteiger partial charge in [0.15, 0.2) is 0 Å². The molecule has 0 atom stereocenters. The Morgan fingerprint density at radius 3 is 0.889 bits per heavy atom. The van der Waals surface area contributed by atoms with Crippen molar-refractivity contribution in [3.05, 3.63) is 133 Å². The summed E-state index contributed by atoms with van der Waals surface area (Å²) in [5.74, 6) is 2.76. The molecule has 5 aromatic heterocycles. The SMILES string of the molecule is CC.CC.CC.CC.Cc1ccccc1.Cc1ccccn1.Cc1nc(C)c(C)s1.Cc1noc(C)c1C.Cc1noc(C)c1C.Cc1noc(C)c1C. The molecule has 0 spiro atoms. The van der Waals surface area contributed by atoms with Gasteiger partial charge in [0, 0.05) is 33.5 Å². The molecule has 0 unspecified atom stereocenters. The lowest BCUT2D eigenvalue weighted by molar-refractivity contribution is 0.392. The maximum Gasteiger partial charge on any atom is 0.136 e. The highest BCUT2D eigenvalue weighted by molar-refractivity contribution is 7.11. The molecule has 1 aromatic carbocycles. The predicted octanol–water partition coefficient (Wildman–Crippen LogP) is 14.4. The Hall–Kier alpha value is -4.37. The molecule has 0 aliphatic heterocycles. The molecular weight excluding hydrogens is 691 g/mol. The largest absolute Gasteiger partial charge is 0.361 e. The fourth-order valence-electron chi connectivity index (χ4n) is 3.20. The fourth-order valence-corrected chi connectivity index (χ4v) is 4.02. The van der Waals surface area contributed by atoms with Gasteiger partial charge in [-0.05, 0) is 109 Å². The Labute approximate surface area is 334 Å². The average Bonchev–Trinajstić information content (AvgIpc) is 3.87. The van der Waals surface area contributed by atoms with Gasteiger partial charge in [-0.2, -0.15) is 0 Å². The van der Waals surface area contributed by atoms with Crippen molar-refractivity contribution in [1.82, 2.24) is 25.4 Å². The van der Waals surface area contributed by atoms with Crippen molar-refractivity contribution in [1.29, 1.82) is 0 Å². The van der Waals surface area contributed by atoms with E-state index in [9.17, 15) is 0 Å². The Balaban J connectivity index is -0.000000268. The van der Waals surface area contributed by atoms with E-state index >= 15 is 0 Å². The number of hydrogen-bond acceptors (Lipinski definition) is 9. The Morgan fingerprint density at radius 2 is 0.778 bits per heavy atom. The monoisotopic (exact) mass is 766 g/mol. The van der Waals surface area contributed by atoms with E-state index in [-0.39, 0.29) is 0 Å². The van der Waals surface area contributed by atoms with Crippen molar-refractivity contribution in [3.63, 3.8) is 0 Å². The molecule has 0 N–H and O–H groups in total. The van der Waals surface area contributed by atoms with Gasteiger partial charge >= 0.3 is 0 Å². The van der Waals surface area contributed by atoms with E-state index in [0.29, 0.717) is 0 Å². The molecule has 0 saturated carbocycles. The van der Waals surface area contributed by atoms with Crippen LogP contribution in [0, 0.1) is 96.9 Å². The number of aromatic nitrogens is 5. The highest BCUT2D eigenvalue weighted by Crippen LogP contribution is 2.14. The van der Waals surface area contributed by atoms with Crippen LogP contribution in [0.5, 0.6) is 0 Å². The van der Waals surface area contributed by atoms with Crippen LogP contribution in [-0.2, 0) is 0 Å². The van der Waals surface area contributed by atoms with Gasteiger partial charge in [-0.25, -0.2) is 4.98 Å². The van der Waals surface area contributed by atoms with Gasteiger partial charge in [0.2, 0.25) is 0 Å². The minimum absolute atomic E-state index is 0.919. The zero-order chi connectivity index (χ0) is 42.8. The molecule has 9 heteroatoms. The van der Waals surface area contributed by atoms with Crippen LogP contribution < -0.4 is 0 Å². The second-order valence-electron chi connectivity index (χ2n) is 10.8. The van der Waals surface area contributed by atoms with Crippen LogP contribution in [0.25, 0.3) is 0 Å². The van der Waals surface area contributed by atoms with Gasteiger partial charge in [0.05, 0.1) is 27.8 Å². The molecule has 0 amide bonds. The molecule has 0 bridgehead atoms. The lowest BCUT2D eigenvalue weighted by atomic mass is 10.2. The molecule has 0 radical (unpaired) electrons. The van der Waals surface area contributed by atoms with Crippen LogP contribution in [0.3, 0.4) is 0 Å². The summed E-state index contributed by atoms with van der Waals surface area (Å²) in [5, 5.41) is 12.4. The number of rotatable bonds is 0. The second-order valence-corrected chi connectivity index (χ2v) is 12.3. The molecule has 8 nitrogen and oxygen atoms in total. The molecule has 0 fully saturated rings. The third-order valence-electron chi connectivity index (χ3n) is 7.06. The van der Waals surface area contributed by atoms with Crippen LogP contribution in [0.1, 0.15) is 133 Å². The number of benzene rings is 1. The van der Waals surface area contributed by atoms with E-state index in [4.69, 9.17) is 13.6 Å². The summed E-state index contributed by atoms with van der Waals surface area (Å²) in [7, 11) is 0. The van der Waals surface area contributed by atoms with Crippen LogP contribution >= 0.6 is 11.3 Å². The maximum absolute atomic E-state index is 4.84. The first kappa shape index (κ1) is 56.4. The summed E-state index contributed by atoms with van der Waals surface area (Å²) in [6, 6.07) is 16.1. The number of nitrogens with zero attached hydrogens (tertiary/aromatic N) is 5. The Bertz CT molecular complexity index is 1460. The molecule has 304 valence electrons. The zero-order valence-corrected chi connectivity index (χ0v) is 38.9. The standard InChI is InChI=1S/C7H8.3C6H9NO.C6H9NS.C6H7N.4C2H6/c1-7-5-3-2-4-6-7;3*1-4-5(2)7-8-6(4)3;1-4-5(2)8-6(3)7-4;1-6-4-2-3-5-7-6;4*1-2/h2-6H,1H3;4*1-3H3;2-5H,1H3;4*1-2H3. The Morgan fingerprint density at radius 1 is 0.426 bits per heavy atom. The van der Waals surface area contributed by atoms with E-state index in [1.165, 1.54) is 21.1 Å². The van der Waals surface area contributed by atoms with Gasteiger partial charge < -0.3 is 13.6 Å². The summed E-state index contributed by atoms with van der Waals surface area (Å²) >= 11 is 1.76. The van der Waals surface area contributed by atoms with E-state index in [2.05, 4.69) is 51.4 Å². The van der Waals surface area contributed by atoms with E-state index in [1.807, 2.05) is 175 Å². The highest BCUT2D eigenvalue weighted by atomic mass is 32.1. The summed E-state index contributed by atoms with van der Waals surface area (Å²) in [6.45, 7) is 43.8. The molecule has 5 heterocycles. The van der Waals surface area contributed by atoms with Crippen LogP contribution in [0.4, 0.5) is 0 Å². The van der Waals surface area contributed by atoms with E-state index in [0.717, 1.165) is 56.7 Å². The molecule has 54 heavy (non-hydrogen) atoms. The molecule has 6 aromatic rings. The lowest BCUT2D eigenvalue weighted by Crippen LogP contribution is -1.73. The summed E-state index contributed by atoms with van der Waals surface area (Å²) < 4.78 is 14.5. The fraction of sp³-hybridized carbons (Fsp3) is 0.489. The third-order valence-corrected chi connectivity index (χ3v) is 8.05. The van der Waals surface area contributed by atoms with Gasteiger partial charge in [-0.3, -0.25) is 4.98 Å². The summed E-state index contributed by atoms with van der Waals surface area (Å²) in [4.78, 5) is 9.54. The van der Waals surface area contributed by atoms with Gasteiger partial charge in [0.25, 0.3) is 0 Å². The topological polar surface area (TPSA) is 104 Å². The average molecular weight is 766 g/mol. The van der Waals surface area contributed by atoms with Crippen molar-refractivity contribution >= 4 is 11.3 Å². The van der Waals surface area contributed by atoms with Gasteiger partial charge in [-0.1, -0.05) is 113 Å². The predicted molar refractivity (Wildman–Crippen MR) is 234 cm³/mol. The summed E-state index contributed by atoms with van der Waals surface area (Å²) in [6.07, 6.45) is 1.79. The molecule has 0 aliphatic carbocycles. The van der Waals surface area contributed by atoms with Gasteiger partial charge in [0.1, 0.15) is 17.3 Å². The summed E-state index contributed by atoms with van der Waals surface area (Å²) in [5.41, 5.74) is 10.0. The minimum Gasteiger partial charge on any atom is -0.361 e. The number of aryl methyl sites for hydroxylation is 11. The molecule has 0 aliphatic rings. The molecule has 0 saturated heterocycles. The minimum atomic E-state index is 0.919. The third kappa shape index (κ3) is 26.4. The zero-order valence-electron chi connectivity index (χ0n) is 38.1. The van der Waals surface area contributed by atoms with Crippen molar-refractivity contribution in [2.45, 2.75) is 152 Å². The van der Waals surface area contributed by atoms with Gasteiger partial charge in [-0.15, -0.1) is 11.3 Å². The van der Waals surface area contributed by atoms with Crippen molar-refractivity contribution < 1.29 is 13.6 Å². The van der Waals surface area contributed by atoms with Crippen molar-refractivity contribution in [3.8, 4) is 0 Å². The normalized spacial score (nSPS) is 8.56. The smallest absolute Gasteiger partial charge is 0.136 e. The van der Waals surface area contributed by atoms with Crippen molar-refractivity contribution in [2.24, 2.45) is 0 Å². The first-order valence-electron chi connectivity index (χ1n) is 19.1. The maximum atomic E-state index is 4.84. The van der Waals surface area contributed by atoms with E-state index in [1.54, 1.807) is 17.5 Å². The van der Waals surface area contributed by atoms with Crippen LogP contribution in [0.15, 0.2) is 68.3 Å². The van der Waals surface area contributed by atoms with E-state index < -0.39 is 0 Å². The second kappa shape index (κ2) is 35.6. The number of pyridine rings is 1. The quantitative estimate of drug-likeness (QED) is 0.151. The first-order chi connectivity index (χ1) is 25.6. The first-order valence-corrected chi connectivity index (χ1v) is 19.9. The molecular formula is C45H75N5O3S. The molecule has 6 rings (SSSR count). The highest BCUT2D eigenvalue weighted by Gasteiger charge is 2.01. The lowest BCUT2D eigenvalue weighted by Gasteiger charge is -1.82.